The van der Waals surface area contributed by atoms with Gasteiger partial charge in [0.15, 0.2) is 6.29 Å². The predicted molar refractivity (Wildman–Crippen MR) is 218 cm³/mol. The van der Waals surface area contributed by atoms with E-state index in [0.29, 0.717) is 90.3 Å². The predicted octanol–water partition coefficient (Wildman–Crippen LogP) is -0.236. The molecule has 3 rings (SSSR count). The fourth-order valence-corrected chi connectivity index (χ4v) is 6.78. The summed E-state index contributed by atoms with van der Waals surface area (Å²) >= 11 is 0. The summed E-state index contributed by atoms with van der Waals surface area (Å²) in [5.41, 5.74) is 7.84. The molecule has 0 aliphatic carbocycles. The molecule has 16 nitrogen and oxygen atoms in total. The molecule has 2 aromatic carbocycles. The second kappa shape index (κ2) is 25.8. The Labute approximate surface area is 336 Å². The summed E-state index contributed by atoms with van der Waals surface area (Å²) < 4.78 is 0. The molecule has 3 atom stereocenters. The highest BCUT2D eigenvalue weighted by Gasteiger charge is 2.28. The van der Waals surface area contributed by atoms with Crippen molar-refractivity contribution in [3.8, 4) is 0 Å². The standard InChI is InChI=1S/C41H64N8O8/c1-3-46-18-20-47(22-23-49(30-39(53)54)25-24-48(21-19-46)29-38(51)52)28-37(50)44-35(26-32-12-6-4-7-13-32)31(2)43-36(27-33-14-8-5-9-15-33)40(55)45-34(41(56)57)16-10-11-17-42/h4-9,12-15,34-36,41,43,56-57H,2-3,10-11,16-30,42H2,1H3,(H,44,50)(H,45,55)(H,51,52)(H,53,54). The number of hydrogen-bond acceptors (Lipinski definition) is 12. The minimum absolute atomic E-state index is 0.0228. The number of nitrogens with one attached hydrogen (secondary N) is 3. The Morgan fingerprint density at radius 1 is 0.667 bits per heavy atom. The van der Waals surface area contributed by atoms with E-state index in [1.54, 1.807) is 4.90 Å². The van der Waals surface area contributed by atoms with Crippen molar-refractivity contribution >= 4 is 23.8 Å². The van der Waals surface area contributed by atoms with Gasteiger partial charge in [-0.1, -0.05) is 74.2 Å². The number of nitrogens with zero attached hydrogens (tertiary/aromatic N) is 4. The average Bonchev–Trinajstić information content (AvgIpc) is 3.17. The van der Waals surface area contributed by atoms with Crippen LogP contribution in [-0.2, 0) is 32.0 Å². The highest BCUT2D eigenvalue weighted by molar-refractivity contribution is 5.83. The van der Waals surface area contributed by atoms with Crippen molar-refractivity contribution in [2.24, 2.45) is 5.73 Å². The Hall–Kier alpha value is -4.42. The molecule has 0 aromatic heterocycles. The van der Waals surface area contributed by atoms with Gasteiger partial charge in [-0.05, 0) is 49.9 Å². The van der Waals surface area contributed by atoms with Crippen LogP contribution >= 0.6 is 0 Å². The number of carboxylic acid groups (broad SMARTS) is 2. The van der Waals surface area contributed by atoms with Crippen LogP contribution in [0, 0.1) is 0 Å². The number of aliphatic hydroxyl groups excluding tert-OH is 1. The number of likely N-dealkylation sites (N-methyl/N-ethyl adjacent to an activating group) is 1. The van der Waals surface area contributed by atoms with Crippen LogP contribution in [0.15, 0.2) is 72.9 Å². The molecule has 16 heteroatoms. The third kappa shape index (κ3) is 18.6. The van der Waals surface area contributed by atoms with Crippen molar-refractivity contribution in [2.45, 2.75) is 63.4 Å². The van der Waals surface area contributed by atoms with Gasteiger partial charge in [0, 0.05) is 64.5 Å². The van der Waals surface area contributed by atoms with Gasteiger partial charge in [-0.15, -0.1) is 0 Å². The molecular formula is C41H64N8O8. The Bertz CT molecular complexity index is 1520. The average molecular weight is 797 g/mol. The molecule has 1 saturated heterocycles. The maximum atomic E-state index is 14.0. The van der Waals surface area contributed by atoms with Crippen molar-refractivity contribution in [3.05, 3.63) is 84.1 Å². The van der Waals surface area contributed by atoms with Crippen LogP contribution in [0.5, 0.6) is 0 Å². The number of hydrogen-bond donors (Lipinski definition) is 8. The van der Waals surface area contributed by atoms with Gasteiger partial charge in [-0.25, -0.2) is 0 Å². The van der Waals surface area contributed by atoms with E-state index in [9.17, 15) is 39.6 Å². The van der Waals surface area contributed by atoms with Gasteiger partial charge < -0.3 is 47.0 Å². The van der Waals surface area contributed by atoms with E-state index in [2.05, 4.69) is 27.4 Å². The van der Waals surface area contributed by atoms with Gasteiger partial charge >= 0.3 is 11.9 Å². The van der Waals surface area contributed by atoms with Gasteiger partial charge in [-0.2, -0.15) is 0 Å². The second-order valence-electron chi connectivity index (χ2n) is 14.6. The fourth-order valence-electron chi connectivity index (χ4n) is 6.78. The number of carbonyl (C=O) groups is 4. The van der Waals surface area contributed by atoms with E-state index < -0.39 is 42.3 Å². The lowest BCUT2D eigenvalue weighted by atomic mass is 10.0. The van der Waals surface area contributed by atoms with Crippen LogP contribution in [0.1, 0.15) is 37.3 Å². The summed E-state index contributed by atoms with van der Waals surface area (Å²) in [7, 11) is 0. The fraction of sp³-hybridized carbons (Fsp3) is 0.561. The molecule has 316 valence electrons. The third-order valence-electron chi connectivity index (χ3n) is 10.1. The molecule has 3 unspecified atom stereocenters. The number of carboxylic acids is 2. The van der Waals surface area contributed by atoms with Crippen LogP contribution < -0.4 is 21.7 Å². The van der Waals surface area contributed by atoms with Crippen LogP contribution in [0.4, 0.5) is 0 Å². The minimum Gasteiger partial charge on any atom is -0.480 e. The topological polar surface area (TPSA) is 224 Å². The van der Waals surface area contributed by atoms with E-state index in [1.807, 2.05) is 77.4 Å². The van der Waals surface area contributed by atoms with E-state index in [-0.39, 0.29) is 32.0 Å². The normalized spacial score (nSPS) is 17.1. The smallest absolute Gasteiger partial charge is 0.317 e. The number of aliphatic hydroxyl groups is 2. The summed E-state index contributed by atoms with van der Waals surface area (Å²) in [4.78, 5) is 58.8. The highest BCUT2D eigenvalue weighted by Crippen LogP contribution is 2.13. The van der Waals surface area contributed by atoms with Crippen LogP contribution in [0.3, 0.4) is 0 Å². The maximum absolute atomic E-state index is 14.0. The Morgan fingerprint density at radius 2 is 1.12 bits per heavy atom. The minimum atomic E-state index is -1.77. The molecule has 0 radical (unpaired) electrons. The van der Waals surface area contributed by atoms with Crippen molar-refractivity contribution in [1.29, 1.82) is 0 Å². The van der Waals surface area contributed by atoms with Gasteiger partial charge in [0.2, 0.25) is 11.8 Å². The van der Waals surface area contributed by atoms with E-state index in [4.69, 9.17) is 5.73 Å². The Kier molecular flexibility index (Phi) is 21.2. The molecule has 1 aliphatic rings. The molecule has 57 heavy (non-hydrogen) atoms. The van der Waals surface area contributed by atoms with Crippen molar-refractivity contribution in [3.63, 3.8) is 0 Å². The number of unbranched alkanes of at least 4 members (excludes halogenated alkanes) is 1. The first-order chi connectivity index (χ1) is 27.4. The first kappa shape index (κ1) is 47.0. The summed E-state index contributed by atoms with van der Waals surface area (Å²) in [6.07, 6.45) is 0.468. The zero-order valence-corrected chi connectivity index (χ0v) is 33.3. The summed E-state index contributed by atoms with van der Waals surface area (Å²) in [5, 5.41) is 48.4. The third-order valence-corrected chi connectivity index (χ3v) is 10.1. The van der Waals surface area contributed by atoms with E-state index in [1.165, 1.54) is 0 Å². The van der Waals surface area contributed by atoms with Crippen LogP contribution in [0.2, 0.25) is 0 Å². The quantitative estimate of drug-likeness (QED) is 0.0570. The Balaban J connectivity index is 1.82. The van der Waals surface area contributed by atoms with Crippen molar-refractivity contribution in [1.82, 2.24) is 35.6 Å². The first-order valence-corrected chi connectivity index (χ1v) is 19.9. The van der Waals surface area contributed by atoms with Gasteiger partial charge in [0.05, 0.1) is 31.7 Å². The number of nitrogens with two attached hydrogens (primary N) is 1. The van der Waals surface area contributed by atoms with E-state index >= 15 is 0 Å². The van der Waals surface area contributed by atoms with Gasteiger partial charge in [0.25, 0.3) is 0 Å². The van der Waals surface area contributed by atoms with Gasteiger partial charge in [-0.3, -0.25) is 33.9 Å². The number of benzene rings is 2. The monoisotopic (exact) mass is 796 g/mol. The molecule has 2 amide bonds. The molecule has 9 N–H and O–H groups in total. The number of carbonyl (C=O) groups excluding carboxylic acids is 2. The zero-order chi connectivity index (χ0) is 41.6. The summed E-state index contributed by atoms with van der Waals surface area (Å²) in [6, 6.07) is 16.6. The largest absolute Gasteiger partial charge is 0.480 e. The molecular weight excluding hydrogens is 732 g/mol. The number of aliphatic carboxylic acids is 2. The lowest BCUT2D eigenvalue weighted by Gasteiger charge is -2.33. The molecule has 0 saturated carbocycles. The highest BCUT2D eigenvalue weighted by atomic mass is 16.5. The molecule has 1 heterocycles. The molecule has 1 aliphatic heterocycles. The van der Waals surface area contributed by atoms with Crippen molar-refractivity contribution < 1.29 is 39.6 Å². The number of rotatable bonds is 22. The first-order valence-electron chi connectivity index (χ1n) is 19.9. The van der Waals surface area contributed by atoms with Gasteiger partial charge in [0.1, 0.15) is 6.04 Å². The number of amides is 2. The summed E-state index contributed by atoms with van der Waals surface area (Å²) in [5.74, 6) is -2.65. The Morgan fingerprint density at radius 3 is 1.56 bits per heavy atom. The van der Waals surface area contributed by atoms with E-state index in [0.717, 1.165) is 17.7 Å². The lowest BCUT2D eigenvalue weighted by molar-refractivity contribution is -0.140. The van der Waals surface area contributed by atoms with Crippen molar-refractivity contribution in [2.75, 3.05) is 85.1 Å². The zero-order valence-electron chi connectivity index (χ0n) is 33.3. The van der Waals surface area contributed by atoms with Crippen LogP contribution in [0.25, 0.3) is 0 Å². The lowest BCUT2D eigenvalue weighted by Crippen LogP contribution is -2.54. The second-order valence-corrected chi connectivity index (χ2v) is 14.6. The van der Waals surface area contributed by atoms with Crippen LogP contribution in [-0.4, -0.2) is 173 Å². The SMILES string of the molecule is C=C(NC(Cc1ccccc1)C(=O)NC(CCCCN)C(O)O)C(Cc1ccccc1)NC(=O)CN1CCN(CC)CCN(CC(=O)O)CCN(CC(=O)O)CC1. The molecule has 2 aromatic rings. The molecule has 0 spiro atoms. The maximum Gasteiger partial charge on any atom is 0.317 e. The summed E-state index contributed by atoms with van der Waals surface area (Å²) in [6.45, 7) is 11.0. The molecule has 0 bridgehead atoms. The molecule has 1 fully saturated rings.